The van der Waals surface area contributed by atoms with Crippen LogP contribution in [0.3, 0.4) is 0 Å². The van der Waals surface area contributed by atoms with Crippen LogP contribution in [0.15, 0.2) is 36.4 Å². The largest absolute Gasteiger partial charge is 0.497 e. The summed E-state index contributed by atoms with van der Waals surface area (Å²) >= 11 is 0. The third-order valence-electron chi connectivity index (χ3n) is 10.3. The molecule has 2 N–H and O–H groups in total. The fraction of sp³-hybridized carbons (Fsp3) is 0.545. The van der Waals surface area contributed by atoms with E-state index in [1.54, 1.807) is 7.11 Å². The molecule has 1 saturated heterocycles. The highest BCUT2D eigenvalue weighted by Crippen LogP contribution is 2.47. The van der Waals surface area contributed by atoms with Gasteiger partial charge in [0.1, 0.15) is 12.0 Å². The molecule has 2 unspecified atom stereocenters. The minimum Gasteiger partial charge on any atom is -0.497 e. The Balaban J connectivity index is 1.45. The molecule has 2 aromatic carbocycles. The summed E-state index contributed by atoms with van der Waals surface area (Å²) in [6, 6.07) is 12.0. The molecular weight excluding hydrogens is 578 g/mol. The van der Waals surface area contributed by atoms with E-state index in [-0.39, 0.29) is 18.4 Å². The van der Waals surface area contributed by atoms with Gasteiger partial charge in [-0.3, -0.25) is 9.69 Å². The normalized spacial score (nSPS) is 25.3. The number of piperazine rings is 1. The van der Waals surface area contributed by atoms with Crippen LogP contribution in [0.5, 0.6) is 5.75 Å². The molecule has 2 fully saturated rings. The summed E-state index contributed by atoms with van der Waals surface area (Å²) in [5.74, 6) is 1.06. The topological polar surface area (TPSA) is 107 Å². The maximum Gasteiger partial charge on any atom is 0.281 e. The number of nitrogens with one attached hydrogen (secondary N) is 1. The molecular formula is C33H43N5O5S. The minimum atomic E-state index is -3.93. The highest BCUT2D eigenvalue weighted by Gasteiger charge is 2.36. The third kappa shape index (κ3) is 5.32. The first-order chi connectivity index (χ1) is 21.2. The van der Waals surface area contributed by atoms with Crippen molar-refractivity contribution in [3.05, 3.63) is 53.1 Å². The van der Waals surface area contributed by atoms with Gasteiger partial charge in [0.15, 0.2) is 0 Å². The molecule has 1 aromatic heterocycles. The molecule has 1 aliphatic carbocycles. The van der Waals surface area contributed by atoms with Crippen molar-refractivity contribution in [2.45, 2.75) is 57.2 Å². The number of methoxy groups -OCH3 is 1. The second-order valence-corrected chi connectivity index (χ2v) is 14.7. The molecule has 1 amide bonds. The molecule has 0 radical (unpaired) electrons. The molecule has 11 heteroatoms. The fourth-order valence-electron chi connectivity index (χ4n) is 7.81. The Morgan fingerprint density at radius 3 is 2.43 bits per heavy atom. The van der Waals surface area contributed by atoms with Crippen LogP contribution in [0.25, 0.3) is 22.2 Å². The van der Waals surface area contributed by atoms with E-state index in [0.29, 0.717) is 57.2 Å². The van der Waals surface area contributed by atoms with Crippen LogP contribution >= 0.6 is 0 Å². The van der Waals surface area contributed by atoms with Gasteiger partial charge < -0.3 is 19.3 Å². The van der Waals surface area contributed by atoms with Crippen LogP contribution in [0, 0.1) is 5.92 Å². The van der Waals surface area contributed by atoms with E-state index in [2.05, 4.69) is 26.3 Å². The second kappa shape index (κ2) is 11.8. The molecule has 0 spiro atoms. The van der Waals surface area contributed by atoms with E-state index in [1.165, 1.54) is 36.2 Å². The zero-order valence-electron chi connectivity index (χ0n) is 25.7. The Kier molecular flexibility index (Phi) is 7.95. The van der Waals surface area contributed by atoms with Gasteiger partial charge in [0, 0.05) is 69.3 Å². The van der Waals surface area contributed by atoms with Crippen molar-refractivity contribution in [1.82, 2.24) is 23.4 Å². The molecule has 4 aliphatic heterocycles. The van der Waals surface area contributed by atoms with Crippen molar-refractivity contribution >= 4 is 27.0 Å². The third-order valence-corrected chi connectivity index (χ3v) is 11.9. The van der Waals surface area contributed by atoms with Crippen molar-refractivity contribution in [2.75, 3.05) is 53.4 Å². The molecule has 5 heterocycles. The number of amides is 1. The second-order valence-electron chi connectivity index (χ2n) is 12.9. The van der Waals surface area contributed by atoms with Crippen molar-refractivity contribution in [3.63, 3.8) is 0 Å². The first-order valence-corrected chi connectivity index (χ1v) is 17.4. The Hall–Kier alpha value is -2.96. The maximum absolute atomic E-state index is 14.3. The highest BCUT2D eigenvalue weighted by molar-refractivity contribution is 7.87. The van der Waals surface area contributed by atoms with E-state index in [0.717, 1.165) is 46.3 Å². The number of hydrogen-bond acceptors (Lipinski definition) is 6. The summed E-state index contributed by atoms with van der Waals surface area (Å²) in [6.45, 7) is 3.97. The lowest BCUT2D eigenvalue weighted by atomic mass is 9.81. The maximum atomic E-state index is 14.3. The molecule has 6 bridgehead atoms. The van der Waals surface area contributed by atoms with Crippen LogP contribution < -0.4 is 9.46 Å². The van der Waals surface area contributed by atoms with E-state index in [1.807, 2.05) is 29.2 Å². The van der Waals surface area contributed by atoms with Gasteiger partial charge in [-0.1, -0.05) is 31.4 Å². The summed E-state index contributed by atoms with van der Waals surface area (Å²) in [7, 11) is -0.721. The monoisotopic (exact) mass is 621 g/mol. The first-order valence-electron chi connectivity index (χ1n) is 16.0. The zero-order valence-corrected chi connectivity index (χ0v) is 26.5. The Bertz CT molecular complexity index is 1670. The van der Waals surface area contributed by atoms with Gasteiger partial charge in [-0.15, -0.1) is 0 Å². The number of fused-ring (bicyclic) bond motifs is 9. The Labute approximate surface area is 259 Å². The summed E-state index contributed by atoms with van der Waals surface area (Å²) in [5.41, 5.74) is 6.11. The zero-order chi connectivity index (χ0) is 30.6. The molecule has 8 rings (SSSR count). The van der Waals surface area contributed by atoms with Gasteiger partial charge in [0.25, 0.3) is 10.2 Å². The van der Waals surface area contributed by atoms with Crippen molar-refractivity contribution < 1.29 is 23.1 Å². The number of carbonyl (C=O) groups excluding carboxylic acids is 1. The van der Waals surface area contributed by atoms with Crippen LogP contribution in [0.1, 0.15) is 60.9 Å². The van der Waals surface area contributed by atoms with Crippen LogP contribution in [-0.2, 0) is 28.0 Å². The average molecular weight is 622 g/mol. The van der Waals surface area contributed by atoms with Crippen molar-refractivity contribution in [3.8, 4) is 17.0 Å². The number of carbonyl (C=O) groups is 1. The summed E-state index contributed by atoms with van der Waals surface area (Å²) in [6.07, 6.45) is 5.05. The number of benzene rings is 2. The van der Waals surface area contributed by atoms with Gasteiger partial charge in [0.2, 0.25) is 5.91 Å². The lowest BCUT2D eigenvalue weighted by molar-refractivity contribution is -0.137. The predicted octanol–water partition coefficient (Wildman–Crippen LogP) is 3.45. The number of ether oxygens (including phenoxy) is 1. The summed E-state index contributed by atoms with van der Waals surface area (Å²) < 4.78 is 38.1. The lowest BCUT2D eigenvalue weighted by Crippen LogP contribution is -2.52. The number of likely N-dealkylation sites (N-methyl/N-ethyl adjacent to an activating group) is 1. The van der Waals surface area contributed by atoms with Gasteiger partial charge >= 0.3 is 0 Å². The SMILES string of the molecule is COc1ccc2c(c1)CC1Cn3c-2c(C2CCCCC2)c2ccc(cc23)C(O)NS(=O)(=O)N(C)CCN2CCN(CC2)C1=O. The van der Waals surface area contributed by atoms with Crippen LogP contribution in [0.2, 0.25) is 0 Å². The molecule has 1 saturated carbocycles. The highest BCUT2D eigenvalue weighted by atomic mass is 32.2. The lowest BCUT2D eigenvalue weighted by Gasteiger charge is -2.37. The fourth-order valence-corrected chi connectivity index (χ4v) is 8.73. The van der Waals surface area contributed by atoms with E-state index < -0.39 is 16.4 Å². The summed E-state index contributed by atoms with van der Waals surface area (Å²) in [4.78, 5) is 18.5. The van der Waals surface area contributed by atoms with Crippen LogP contribution in [-0.4, -0.2) is 91.5 Å². The smallest absolute Gasteiger partial charge is 0.281 e. The minimum absolute atomic E-state index is 0.161. The quantitative estimate of drug-likeness (QED) is 0.454. The van der Waals surface area contributed by atoms with Gasteiger partial charge in [-0.2, -0.15) is 17.4 Å². The van der Waals surface area contributed by atoms with Gasteiger partial charge in [-0.25, -0.2) is 0 Å². The molecule has 10 nitrogen and oxygen atoms in total. The number of nitrogens with zero attached hydrogens (tertiary/aromatic N) is 4. The number of hydrogen-bond donors (Lipinski definition) is 2. The van der Waals surface area contributed by atoms with Gasteiger partial charge in [-0.05, 0) is 66.1 Å². The van der Waals surface area contributed by atoms with Crippen molar-refractivity contribution in [1.29, 1.82) is 0 Å². The number of aliphatic hydroxyl groups is 1. The van der Waals surface area contributed by atoms with E-state index in [4.69, 9.17) is 4.74 Å². The number of aliphatic hydroxyl groups excluding tert-OH is 1. The predicted molar refractivity (Wildman–Crippen MR) is 170 cm³/mol. The van der Waals surface area contributed by atoms with E-state index in [9.17, 15) is 18.3 Å². The Morgan fingerprint density at radius 2 is 1.68 bits per heavy atom. The Morgan fingerprint density at radius 1 is 0.932 bits per heavy atom. The molecule has 2 atom stereocenters. The van der Waals surface area contributed by atoms with Crippen LogP contribution in [0.4, 0.5) is 0 Å². The first kappa shape index (κ1) is 29.7. The molecule has 3 aromatic rings. The van der Waals surface area contributed by atoms with Gasteiger partial charge in [0.05, 0.1) is 18.7 Å². The molecule has 44 heavy (non-hydrogen) atoms. The number of rotatable bonds is 2. The molecule has 5 aliphatic rings. The molecule has 236 valence electrons. The average Bonchev–Trinajstić information content (AvgIpc) is 3.25. The van der Waals surface area contributed by atoms with Crippen molar-refractivity contribution in [2.24, 2.45) is 5.92 Å². The van der Waals surface area contributed by atoms with E-state index >= 15 is 0 Å². The standard InChI is InChI=1S/C33H43N5O5S/c1-35-12-13-36-14-16-37(17-15-36)33(40)25-18-24-19-26(43-2)9-11-27(24)31-30(22-6-4-3-5-7-22)28-10-8-23(20-29(28)38(31)21-25)32(39)34-44(35,41)42/h8-11,19-20,22,25,32,34,39H,3-7,12-18,21H2,1-2H3. The number of aromatic nitrogens is 1. The summed E-state index contributed by atoms with van der Waals surface area (Å²) in [5, 5.41) is 12.3.